The van der Waals surface area contributed by atoms with Crippen molar-refractivity contribution in [2.45, 2.75) is 0 Å². The van der Waals surface area contributed by atoms with Crippen molar-refractivity contribution in [1.82, 2.24) is 9.88 Å². The second kappa shape index (κ2) is 6.43. The number of carbonyl (C=O) groups excluding carboxylic acids is 1. The standard InChI is InChI=1S/C19H14ClN3OS/c1-23-11-12(15-4-2-3-5-16(15)23)10-17-18(24)22-19(25-17)21-14-8-6-13(20)7-9-14/h2-11H,1H3,(H,21,22,24)/b17-10-. The molecular formula is C19H14ClN3OS. The molecule has 1 aromatic heterocycles. The molecule has 1 fully saturated rings. The van der Waals surface area contributed by atoms with Crippen LogP contribution in [0.2, 0.25) is 5.02 Å². The molecule has 1 aliphatic rings. The number of carbonyl (C=O) groups is 1. The lowest BCUT2D eigenvalue weighted by molar-refractivity contribution is -0.115. The molecule has 4 rings (SSSR count). The molecule has 1 amide bonds. The van der Waals surface area contributed by atoms with Crippen LogP contribution in [0.4, 0.5) is 5.69 Å². The van der Waals surface area contributed by atoms with Crippen LogP contribution in [0.25, 0.3) is 17.0 Å². The minimum Gasteiger partial charge on any atom is -0.350 e. The van der Waals surface area contributed by atoms with Crippen molar-refractivity contribution in [2.75, 3.05) is 0 Å². The van der Waals surface area contributed by atoms with Gasteiger partial charge in [0.1, 0.15) is 0 Å². The number of amidine groups is 1. The van der Waals surface area contributed by atoms with Crippen LogP contribution >= 0.6 is 23.4 Å². The van der Waals surface area contributed by atoms with Crippen LogP contribution in [0, 0.1) is 0 Å². The van der Waals surface area contributed by atoms with Crippen molar-refractivity contribution in [3.63, 3.8) is 0 Å². The maximum absolute atomic E-state index is 12.3. The summed E-state index contributed by atoms with van der Waals surface area (Å²) in [7, 11) is 2.00. The number of aliphatic imine (C=N–C) groups is 1. The average Bonchev–Trinajstić information content (AvgIpc) is 3.11. The Kier molecular flexibility index (Phi) is 4.11. The summed E-state index contributed by atoms with van der Waals surface area (Å²) in [6.45, 7) is 0. The van der Waals surface area contributed by atoms with Gasteiger partial charge in [0, 0.05) is 34.7 Å². The largest absolute Gasteiger partial charge is 0.350 e. The van der Waals surface area contributed by atoms with Crippen LogP contribution < -0.4 is 5.32 Å². The quantitative estimate of drug-likeness (QED) is 0.666. The van der Waals surface area contributed by atoms with E-state index in [0.717, 1.165) is 22.2 Å². The number of benzene rings is 2. The maximum Gasteiger partial charge on any atom is 0.264 e. The number of hydrogen-bond donors (Lipinski definition) is 1. The van der Waals surface area contributed by atoms with Gasteiger partial charge in [-0.15, -0.1) is 0 Å². The van der Waals surface area contributed by atoms with Gasteiger partial charge < -0.3 is 9.88 Å². The molecule has 1 N–H and O–H groups in total. The van der Waals surface area contributed by atoms with Crippen molar-refractivity contribution in [3.05, 3.63) is 70.2 Å². The number of aryl methyl sites for hydroxylation is 1. The van der Waals surface area contributed by atoms with E-state index < -0.39 is 0 Å². The van der Waals surface area contributed by atoms with E-state index >= 15 is 0 Å². The Morgan fingerprint density at radius 1 is 1.16 bits per heavy atom. The Bertz CT molecular complexity index is 1030. The van der Waals surface area contributed by atoms with Gasteiger partial charge in [-0.3, -0.25) is 4.79 Å². The Balaban J connectivity index is 1.66. The fourth-order valence-electron chi connectivity index (χ4n) is 2.74. The summed E-state index contributed by atoms with van der Waals surface area (Å²) >= 11 is 7.22. The van der Waals surface area contributed by atoms with E-state index in [-0.39, 0.29) is 5.91 Å². The first-order chi connectivity index (χ1) is 12.1. The smallest absolute Gasteiger partial charge is 0.264 e. The van der Waals surface area contributed by atoms with Crippen molar-refractivity contribution in [2.24, 2.45) is 12.0 Å². The van der Waals surface area contributed by atoms with E-state index in [2.05, 4.69) is 27.0 Å². The molecule has 0 radical (unpaired) electrons. The van der Waals surface area contributed by atoms with Crippen LogP contribution in [0.15, 0.2) is 64.6 Å². The topological polar surface area (TPSA) is 46.4 Å². The number of nitrogens with zero attached hydrogens (tertiary/aromatic N) is 2. The number of fused-ring (bicyclic) bond motifs is 1. The van der Waals surface area contributed by atoms with Crippen LogP contribution in [0.3, 0.4) is 0 Å². The van der Waals surface area contributed by atoms with E-state index in [0.29, 0.717) is 15.1 Å². The van der Waals surface area contributed by atoms with E-state index in [1.165, 1.54) is 11.8 Å². The van der Waals surface area contributed by atoms with Crippen LogP contribution in [0.5, 0.6) is 0 Å². The highest BCUT2D eigenvalue weighted by atomic mass is 35.5. The Morgan fingerprint density at radius 3 is 2.72 bits per heavy atom. The molecule has 1 aliphatic heterocycles. The van der Waals surface area contributed by atoms with Crippen molar-refractivity contribution < 1.29 is 4.79 Å². The third-order valence-electron chi connectivity index (χ3n) is 3.92. The van der Waals surface area contributed by atoms with E-state index in [4.69, 9.17) is 11.6 Å². The first kappa shape index (κ1) is 16.0. The predicted molar refractivity (Wildman–Crippen MR) is 105 cm³/mol. The van der Waals surface area contributed by atoms with Crippen molar-refractivity contribution in [3.8, 4) is 0 Å². The summed E-state index contributed by atoms with van der Waals surface area (Å²) in [6.07, 6.45) is 3.94. The lowest BCUT2D eigenvalue weighted by Crippen LogP contribution is -2.19. The van der Waals surface area contributed by atoms with Gasteiger partial charge in [0.15, 0.2) is 5.17 Å². The summed E-state index contributed by atoms with van der Waals surface area (Å²) in [4.78, 5) is 17.3. The monoisotopic (exact) mass is 367 g/mol. The molecule has 2 aromatic carbocycles. The molecular weight excluding hydrogens is 354 g/mol. The molecule has 2 heterocycles. The molecule has 0 atom stereocenters. The van der Waals surface area contributed by atoms with Gasteiger partial charge >= 0.3 is 0 Å². The maximum atomic E-state index is 12.3. The summed E-state index contributed by atoms with van der Waals surface area (Å²) in [5, 5.41) is 5.15. The Labute approximate surface area is 154 Å². The highest BCUT2D eigenvalue weighted by Gasteiger charge is 2.24. The highest BCUT2D eigenvalue weighted by molar-refractivity contribution is 8.18. The van der Waals surface area contributed by atoms with E-state index in [1.807, 2.05) is 43.6 Å². The number of nitrogens with one attached hydrogen (secondary N) is 1. The SMILES string of the molecule is Cn1cc(/C=C2\SC(=Nc3ccc(Cl)cc3)NC2=O)c2ccccc21. The van der Waals surface area contributed by atoms with Gasteiger partial charge in [0.05, 0.1) is 10.6 Å². The van der Waals surface area contributed by atoms with Gasteiger partial charge in [-0.05, 0) is 48.2 Å². The summed E-state index contributed by atoms with van der Waals surface area (Å²) < 4.78 is 2.06. The second-order valence-corrected chi connectivity index (χ2v) is 7.14. The van der Waals surface area contributed by atoms with Gasteiger partial charge in [-0.25, -0.2) is 4.99 Å². The van der Waals surface area contributed by atoms with Crippen molar-refractivity contribution in [1.29, 1.82) is 0 Å². The molecule has 124 valence electrons. The molecule has 4 nitrogen and oxygen atoms in total. The third kappa shape index (κ3) is 3.21. The minimum absolute atomic E-state index is 0.134. The number of rotatable bonds is 2. The lowest BCUT2D eigenvalue weighted by Gasteiger charge is -1.96. The Morgan fingerprint density at radius 2 is 1.92 bits per heavy atom. The van der Waals surface area contributed by atoms with Gasteiger partial charge in [0.2, 0.25) is 0 Å². The zero-order valence-corrected chi connectivity index (χ0v) is 14.9. The summed E-state index contributed by atoms with van der Waals surface area (Å²) in [5.41, 5.74) is 2.90. The lowest BCUT2D eigenvalue weighted by atomic mass is 10.1. The zero-order chi connectivity index (χ0) is 17.4. The van der Waals surface area contributed by atoms with Crippen LogP contribution in [-0.2, 0) is 11.8 Å². The highest BCUT2D eigenvalue weighted by Crippen LogP contribution is 2.30. The van der Waals surface area contributed by atoms with Gasteiger partial charge in [0.25, 0.3) is 5.91 Å². The average molecular weight is 368 g/mol. The predicted octanol–water partition coefficient (Wildman–Crippen LogP) is 4.72. The second-order valence-electron chi connectivity index (χ2n) is 5.67. The molecule has 0 unspecified atom stereocenters. The number of aromatic nitrogens is 1. The first-order valence-electron chi connectivity index (χ1n) is 7.69. The van der Waals surface area contributed by atoms with E-state index in [1.54, 1.807) is 12.1 Å². The number of halogens is 1. The Hall–Kier alpha value is -2.50. The number of thioether (sulfide) groups is 1. The van der Waals surface area contributed by atoms with Crippen LogP contribution in [0.1, 0.15) is 5.56 Å². The molecule has 1 saturated heterocycles. The molecule has 0 bridgehead atoms. The summed E-state index contributed by atoms with van der Waals surface area (Å²) in [5.74, 6) is -0.134. The molecule has 6 heteroatoms. The number of para-hydroxylation sites is 1. The fraction of sp³-hybridized carbons (Fsp3) is 0.0526. The van der Waals surface area contributed by atoms with Gasteiger partial charge in [-0.2, -0.15) is 0 Å². The summed E-state index contributed by atoms with van der Waals surface area (Å²) in [6, 6.07) is 15.3. The molecule has 0 saturated carbocycles. The van der Waals surface area contributed by atoms with Crippen molar-refractivity contribution >= 4 is 57.1 Å². The number of hydrogen-bond acceptors (Lipinski definition) is 3. The minimum atomic E-state index is -0.134. The molecule has 0 aliphatic carbocycles. The molecule has 3 aromatic rings. The molecule has 25 heavy (non-hydrogen) atoms. The van der Waals surface area contributed by atoms with E-state index in [9.17, 15) is 4.79 Å². The zero-order valence-electron chi connectivity index (χ0n) is 13.4. The third-order valence-corrected chi connectivity index (χ3v) is 5.08. The number of amides is 1. The normalized spacial score (nSPS) is 17.6. The fourth-order valence-corrected chi connectivity index (χ4v) is 3.70. The molecule has 0 spiro atoms. The van der Waals surface area contributed by atoms with Crippen LogP contribution in [-0.4, -0.2) is 15.6 Å². The first-order valence-corrected chi connectivity index (χ1v) is 8.89. The van der Waals surface area contributed by atoms with Gasteiger partial charge in [-0.1, -0.05) is 29.8 Å².